The van der Waals surface area contributed by atoms with E-state index in [1.807, 2.05) is 6.07 Å². The predicted molar refractivity (Wildman–Crippen MR) is 26.9 cm³/mol. The van der Waals surface area contributed by atoms with Gasteiger partial charge in [-0.25, -0.2) is 0 Å². The van der Waals surface area contributed by atoms with Crippen LogP contribution in [0, 0.1) is 11.3 Å². The third kappa shape index (κ3) is 3.16. The van der Waals surface area contributed by atoms with E-state index in [2.05, 4.69) is 4.74 Å². The highest BCUT2D eigenvalue weighted by molar-refractivity contribution is 5.69. The number of carbonyl (C=O) groups excluding carboxylic acids is 1. The second-order valence-corrected chi connectivity index (χ2v) is 1.23. The van der Waals surface area contributed by atoms with Crippen LogP contribution in [0.2, 0.25) is 0 Å². The maximum absolute atomic E-state index is 10.2. The van der Waals surface area contributed by atoms with Crippen molar-refractivity contribution in [3.05, 3.63) is 0 Å². The largest absolute Gasteiger partial charge is 0.469 e. The van der Waals surface area contributed by atoms with Crippen molar-refractivity contribution in [2.24, 2.45) is 0 Å². The number of nitriles is 1. The van der Waals surface area contributed by atoms with E-state index < -0.39 is 0 Å². The minimum Gasteiger partial charge on any atom is -0.469 e. The smallest absolute Gasteiger partial charge is 0.306 e. The van der Waals surface area contributed by atoms with E-state index in [9.17, 15) is 4.79 Å². The molecule has 44 valence electrons. The molecule has 8 heavy (non-hydrogen) atoms. The molecular formula is C5H7NO2. The van der Waals surface area contributed by atoms with Crippen LogP contribution in [-0.2, 0) is 9.53 Å². The summed E-state index contributed by atoms with van der Waals surface area (Å²) in [5, 5.41) is 7.95. The minimum absolute atomic E-state index is 0.201. The summed E-state index contributed by atoms with van der Waals surface area (Å²) >= 11 is 0. The summed E-state index contributed by atoms with van der Waals surface area (Å²) in [7, 11) is 1.31. The molecule has 0 radical (unpaired) electrons. The molecule has 0 saturated carbocycles. The second-order valence-electron chi connectivity index (χ2n) is 1.23. The van der Waals surface area contributed by atoms with Crippen molar-refractivity contribution in [2.45, 2.75) is 12.8 Å². The fourth-order valence-electron chi connectivity index (χ4n) is 0.260. The number of esters is 1. The molecule has 0 aliphatic carbocycles. The summed E-state index contributed by atoms with van der Waals surface area (Å²) in [6.07, 6.45) is 0.444. The molecule has 3 heteroatoms. The van der Waals surface area contributed by atoms with Crippen LogP contribution in [0.25, 0.3) is 0 Å². The topological polar surface area (TPSA) is 50.1 Å². The second kappa shape index (κ2) is 4.13. The summed E-state index contributed by atoms with van der Waals surface area (Å²) in [4.78, 5) is 10.2. The van der Waals surface area contributed by atoms with Gasteiger partial charge in [-0.05, 0) is 0 Å². The molecule has 0 spiro atoms. The lowest BCUT2D eigenvalue weighted by atomic mass is 10.3. The van der Waals surface area contributed by atoms with Gasteiger partial charge in [0.15, 0.2) is 0 Å². The van der Waals surface area contributed by atoms with Crippen LogP contribution in [0.3, 0.4) is 0 Å². The zero-order valence-electron chi connectivity index (χ0n) is 4.68. The van der Waals surface area contributed by atoms with Crippen LogP contribution in [-0.4, -0.2) is 13.1 Å². The Labute approximate surface area is 47.9 Å². The third-order valence-electron chi connectivity index (χ3n) is 0.669. The maximum Gasteiger partial charge on any atom is 0.306 e. The Morgan fingerprint density at radius 1 is 1.88 bits per heavy atom. The molecule has 0 unspecified atom stereocenters. The van der Waals surface area contributed by atoms with Gasteiger partial charge in [-0.15, -0.1) is 0 Å². The highest BCUT2D eigenvalue weighted by Crippen LogP contribution is 1.87. The predicted octanol–water partition coefficient (Wildman–Crippen LogP) is 0.463. The monoisotopic (exact) mass is 113 g/mol. The average Bonchev–Trinajstić information content (AvgIpc) is 1.83. The Morgan fingerprint density at radius 3 is 2.88 bits per heavy atom. The van der Waals surface area contributed by atoms with Gasteiger partial charge in [-0.1, -0.05) is 0 Å². The number of hydrogen-bond donors (Lipinski definition) is 0. The molecule has 0 aliphatic rings. The summed E-state index contributed by atoms with van der Waals surface area (Å²) in [5.74, 6) is -0.327. The molecule has 0 aromatic rings. The lowest BCUT2D eigenvalue weighted by Crippen LogP contribution is -1.97. The highest BCUT2D eigenvalue weighted by atomic mass is 16.5. The molecule has 0 aliphatic heterocycles. The first-order valence-electron chi connectivity index (χ1n) is 2.25. The fourth-order valence-corrected chi connectivity index (χ4v) is 0.260. The lowest BCUT2D eigenvalue weighted by molar-refractivity contribution is -0.140. The quantitative estimate of drug-likeness (QED) is 0.489. The van der Waals surface area contributed by atoms with Gasteiger partial charge in [0.1, 0.15) is 0 Å². The summed E-state index contributed by atoms with van der Waals surface area (Å²) in [6.45, 7) is 0. The van der Waals surface area contributed by atoms with E-state index in [1.165, 1.54) is 7.11 Å². The fraction of sp³-hybridized carbons (Fsp3) is 0.600. The summed E-state index contributed by atoms with van der Waals surface area (Å²) in [6, 6.07) is 1.83. The van der Waals surface area contributed by atoms with Crippen molar-refractivity contribution in [3.8, 4) is 6.07 Å². The van der Waals surface area contributed by atoms with Crippen LogP contribution < -0.4 is 0 Å². The minimum atomic E-state index is -0.327. The molecule has 0 atom stereocenters. The van der Waals surface area contributed by atoms with Crippen molar-refractivity contribution >= 4 is 5.97 Å². The van der Waals surface area contributed by atoms with E-state index in [0.717, 1.165) is 0 Å². The molecule has 0 bridgehead atoms. The van der Waals surface area contributed by atoms with Gasteiger partial charge in [0.2, 0.25) is 0 Å². The number of ether oxygens (including phenoxy) is 1. The van der Waals surface area contributed by atoms with Gasteiger partial charge < -0.3 is 4.74 Å². The number of nitrogens with zero attached hydrogens (tertiary/aromatic N) is 1. The number of methoxy groups -OCH3 is 1. The van der Waals surface area contributed by atoms with Gasteiger partial charge in [-0.3, -0.25) is 4.79 Å². The van der Waals surface area contributed by atoms with Crippen LogP contribution in [0.15, 0.2) is 0 Å². The van der Waals surface area contributed by atoms with Crippen molar-refractivity contribution in [1.29, 1.82) is 5.26 Å². The number of carbonyl (C=O) groups is 1. The maximum atomic E-state index is 10.2. The number of rotatable bonds is 2. The first-order chi connectivity index (χ1) is 3.81. The van der Waals surface area contributed by atoms with Gasteiger partial charge in [-0.2, -0.15) is 5.26 Å². The van der Waals surface area contributed by atoms with E-state index in [1.54, 1.807) is 0 Å². The van der Waals surface area contributed by atoms with Crippen LogP contribution in [0.5, 0.6) is 0 Å². The first-order valence-corrected chi connectivity index (χ1v) is 2.25. The molecule has 0 aromatic carbocycles. The van der Waals surface area contributed by atoms with Crippen LogP contribution in [0.4, 0.5) is 0 Å². The standard InChI is InChI=1S/C5H7NO2/c1-8-5(7)3-2-4-6/h2-3H2,1H3. The molecule has 0 fully saturated rings. The van der Waals surface area contributed by atoms with Crippen molar-refractivity contribution in [2.75, 3.05) is 7.11 Å². The van der Waals surface area contributed by atoms with E-state index in [-0.39, 0.29) is 18.8 Å². The molecule has 0 aromatic heterocycles. The highest BCUT2D eigenvalue weighted by Gasteiger charge is 1.95. The van der Waals surface area contributed by atoms with Crippen molar-refractivity contribution < 1.29 is 9.53 Å². The lowest BCUT2D eigenvalue weighted by Gasteiger charge is -1.90. The van der Waals surface area contributed by atoms with Gasteiger partial charge in [0.25, 0.3) is 0 Å². The van der Waals surface area contributed by atoms with E-state index >= 15 is 0 Å². The molecule has 0 amide bonds. The molecule has 3 nitrogen and oxygen atoms in total. The van der Waals surface area contributed by atoms with Crippen LogP contribution in [0.1, 0.15) is 12.8 Å². The van der Waals surface area contributed by atoms with Gasteiger partial charge in [0, 0.05) is 6.42 Å². The summed E-state index contributed by atoms with van der Waals surface area (Å²) < 4.78 is 4.26. The Hall–Kier alpha value is -1.04. The Bertz CT molecular complexity index is 114. The SMILES string of the molecule is COC(=O)CCC#N. The molecular weight excluding hydrogens is 106 g/mol. The Morgan fingerprint density at radius 2 is 2.50 bits per heavy atom. The molecule has 0 heterocycles. The van der Waals surface area contributed by atoms with Crippen LogP contribution >= 0.6 is 0 Å². The van der Waals surface area contributed by atoms with E-state index in [0.29, 0.717) is 0 Å². The molecule has 0 N–H and O–H groups in total. The van der Waals surface area contributed by atoms with Crippen molar-refractivity contribution in [1.82, 2.24) is 0 Å². The Kier molecular flexibility index (Phi) is 3.59. The van der Waals surface area contributed by atoms with Gasteiger partial charge >= 0.3 is 5.97 Å². The summed E-state index contributed by atoms with van der Waals surface area (Å²) in [5.41, 5.74) is 0. The normalized spacial score (nSPS) is 7.50. The third-order valence-corrected chi connectivity index (χ3v) is 0.669. The van der Waals surface area contributed by atoms with Crippen molar-refractivity contribution in [3.63, 3.8) is 0 Å². The number of hydrogen-bond acceptors (Lipinski definition) is 3. The zero-order chi connectivity index (χ0) is 6.41. The van der Waals surface area contributed by atoms with E-state index in [4.69, 9.17) is 5.26 Å². The Balaban J connectivity index is 3.15. The average molecular weight is 113 g/mol. The first kappa shape index (κ1) is 6.96. The zero-order valence-corrected chi connectivity index (χ0v) is 4.68. The molecule has 0 saturated heterocycles. The molecule has 0 rings (SSSR count). The van der Waals surface area contributed by atoms with Gasteiger partial charge in [0.05, 0.1) is 19.6 Å².